The van der Waals surface area contributed by atoms with Crippen LogP contribution >= 0.6 is 0 Å². The van der Waals surface area contributed by atoms with E-state index < -0.39 is 0 Å². The number of hydrogen-bond acceptors (Lipinski definition) is 5. The van der Waals surface area contributed by atoms with Crippen molar-refractivity contribution in [1.82, 2.24) is 25.5 Å². The van der Waals surface area contributed by atoms with Gasteiger partial charge in [-0.25, -0.2) is 0 Å². The smallest absolute Gasteiger partial charge is 0.251 e. The molecule has 7 heteroatoms. The quantitative estimate of drug-likeness (QED) is 0.498. The minimum Gasteiger partial charge on any atom is -0.350 e. The van der Waals surface area contributed by atoms with Crippen LogP contribution in [0, 0.1) is 6.92 Å². The van der Waals surface area contributed by atoms with Crippen LogP contribution in [-0.2, 0) is 11.3 Å². The fraction of sp³-hybridized carbons (Fsp3) is 0.154. The largest absolute Gasteiger partial charge is 0.350 e. The Labute approximate surface area is 192 Å². The zero-order valence-electron chi connectivity index (χ0n) is 18.3. The van der Waals surface area contributed by atoms with Gasteiger partial charge in [0.15, 0.2) is 0 Å². The summed E-state index contributed by atoms with van der Waals surface area (Å²) in [7, 11) is 0. The van der Waals surface area contributed by atoms with E-state index in [-0.39, 0.29) is 18.5 Å². The highest BCUT2D eigenvalue weighted by Gasteiger charge is 2.31. The highest BCUT2D eigenvalue weighted by Crippen LogP contribution is 2.35. The first kappa shape index (κ1) is 20.6. The Hall–Kier alpha value is -4.26. The number of carbonyl (C=O) groups is 1. The van der Waals surface area contributed by atoms with Gasteiger partial charge in [-0.15, -0.1) is 0 Å². The molecular formula is C26H24N6O. The Balaban J connectivity index is 1.46. The Morgan fingerprint density at radius 3 is 2.39 bits per heavy atom. The second-order valence-electron chi connectivity index (χ2n) is 7.99. The molecule has 0 saturated heterocycles. The molecule has 0 bridgehead atoms. The molecule has 0 fully saturated rings. The first-order chi connectivity index (χ1) is 16.2. The maximum atomic E-state index is 13.0. The molecule has 5 rings (SSSR count). The number of aryl methyl sites for hydroxylation is 1. The lowest BCUT2D eigenvalue weighted by Crippen LogP contribution is -2.40. The van der Waals surface area contributed by atoms with Gasteiger partial charge < -0.3 is 5.32 Å². The molecule has 0 saturated carbocycles. The van der Waals surface area contributed by atoms with Crippen LogP contribution in [0.1, 0.15) is 28.3 Å². The summed E-state index contributed by atoms with van der Waals surface area (Å²) >= 11 is 0. The van der Waals surface area contributed by atoms with Crippen LogP contribution in [0.4, 0.5) is 5.95 Å². The molecule has 0 radical (unpaired) electrons. The van der Waals surface area contributed by atoms with Crippen molar-refractivity contribution in [2.75, 3.05) is 11.4 Å². The van der Waals surface area contributed by atoms with Gasteiger partial charge in [0.05, 0.1) is 5.70 Å². The van der Waals surface area contributed by atoms with Crippen molar-refractivity contribution in [3.8, 4) is 0 Å². The van der Waals surface area contributed by atoms with Gasteiger partial charge in [-0.2, -0.15) is 4.68 Å². The monoisotopic (exact) mass is 436 g/mol. The lowest BCUT2D eigenvalue weighted by atomic mass is 10.0. The van der Waals surface area contributed by atoms with Crippen molar-refractivity contribution in [1.29, 1.82) is 0 Å². The van der Waals surface area contributed by atoms with E-state index in [0.29, 0.717) is 12.5 Å². The Bertz CT molecular complexity index is 1280. The number of hydrogen-bond donors (Lipinski definition) is 1. The standard InChI is InChI=1S/C26H24N6O/c1-19-10-8-9-15-22(19)17-27-25(33)18-31-23(20-11-4-2-5-12-20)16-24(21-13-6-3-7-14-21)32-26(31)28-29-30-32/h2-16,24H,17-18H2,1H3,(H,27,33)/t24-/m0/s1. The highest BCUT2D eigenvalue weighted by molar-refractivity contribution is 5.89. The molecule has 33 heavy (non-hydrogen) atoms. The molecule has 0 spiro atoms. The van der Waals surface area contributed by atoms with Crippen molar-refractivity contribution >= 4 is 17.6 Å². The number of carbonyl (C=O) groups excluding carboxylic acids is 1. The first-order valence-corrected chi connectivity index (χ1v) is 10.9. The summed E-state index contributed by atoms with van der Waals surface area (Å²) in [5, 5.41) is 15.5. The van der Waals surface area contributed by atoms with Crippen molar-refractivity contribution in [3.63, 3.8) is 0 Å². The molecule has 2 heterocycles. The fourth-order valence-electron chi connectivity index (χ4n) is 4.07. The number of amides is 1. The predicted octanol–water partition coefficient (Wildman–Crippen LogP) is 3.75. The second kappa shape index (κ2) is 9.08. The molecule has 4 aromatic rings. The van der Waals surface area contributed by atoms with Crippen molar-refractivity contribution in [3.05, 3.63) is 113 Å². The fourth-order valence-corrected chi connectivity index (χ4v) is 4.07. The predicted molar refractivity (Wildman–Crippen MR) is 127 cm³/mol. The van der Waals surface area contributed by atoms with Gasteiger partial charge in [0, 0.05) is 6.54 Å². The summed E-state index contributed by atoms with van der Waals surface area (Å²) in [6, 6.07) is 28.0. The van der Waals surface area contributed by atoms with E-state index in [1.165, 1.54) is 0 Å². The number of nitrogens with one attached hydrogen (secondary N) is 1. The van der Waals surface area contributed by atoms with Crippen molar-refractivity contribution < 1.29 is 4.79 Å². The Kier molecular flexibility index (Phi) is 5.68. The molecular weight excluding hydrogens is 412 g/mol. The highest BCUT2D eigenvalue weighted by atomic mass is 16.2. The number of aromatic nitrogens is 4. The van der Waals surface area contributed by atoms with Gasteiger partial charge in [0.2, 0.25) is 5.91 Å². The molecule has 164 valence electrons. The van der Waals surface area contributed by atoms with E-state index in [1.54, 1.807) is 4.68 Å². The van der Waals surface area contributed by atoms with E-state index in [1.807, 2.05) is 84.6 Å². The van der Waals surface area contributed by atoms with E-state index in [4.69, 9.17) is 0 Å². The number of allylic oxidation sites excluding steroid dienone is 1. The van der Waals surface area contributed by atoms with Crippen LogP contribution in [-0.4, -0.2) is 32.7 Å². The zero-order valence-corrected chi connectivity index (χ0v) is 18.3. The van der Waals surface area contributed by atoms with Crippen LogP contribution in [0.15, 0.2) is 91.0 Å². The molecule has 1 N–H and O–H groups in total. The summed E-state index contributed by atoms with van der Waals surface area (Å²) in [6.07, 6.45) is 2.11. The minimum absolute atomic E-state index is 0.104. The number of tetrazole rings is 1. The number of benzene rings is 3. The van der Waals surface area contributed by atoms with Gasteiger partial charge in [0.1, 0.15) is 12.6 Å². The van der Waals surface area contributed by atoms with Gasteiger partial charge in [0.25, 0.3) is 5.95 Å². The summed E-state index contributed by atoms with van der Waals surface area (Å²) < 4.78 is 1.76. The van der Waals surface area contributed by atoms with Gasteiger partial charge in [-0.3, -0.25) is 9.69 Å². The summed E-state index contributed by atoms with van der Waals surface area (Å²) in [4.78, 5) is 14.9. The van der Waals surface area contributed by atoms with Gasteiger partial charge in [-0.05, 0) is 45.7 Å². The van der Waals surface area contributed by atoms with Crippen LogP contribution < -0.4 is 10.2 Å². The molecule has 1 atom stereocenters. The number of nitrogens with zero attached hydrogens (tertiary/aromatic N) is 5. The SMILES string of the molecule is Cc1ccccc1CNC(=O)CN1C(c2ccccc2)=C[C@@H](c2ccccc2)n2nnnc21. The Morgan fingerprint density at radius 2 is 1.64 bits per heavy atom. The Morgan fingerprint density at radius 1 is 0.939 bits per heavy atom. The van der Waals surface area contributed by atoms with Gasteiger partial charge >= 0.3 is 0 Å². The maximum Gasteiger partial charge on any atom is 0.251 e. The molecule has 1 aliphatic rings. The van der Waals surface area contributed by atoms with Crippen LogP contribution in [0.5, 0.6) is 0 Å². The molecule has 0 unspecified atom stereocenters. The average Bonchev–Trinajstić information content (AvgIpc) is 3.35. The lowest BCUT2D eigenvalue weighted by Gasteiger charge is -2.32. The van der Waals surface area contributed by atoms with Crippen LogP contribution in [0.3, 0.4) is 0 Å². The van der Waals surface area contributed by atoms with Crippen molar-refractivity contribution in [2.45, 2.75) is 19.5 Å². The minimum atomic E-state index is -0.169. The van der Waals surface area contributed by atoms with Gasteiger partial charge in [-0.1, -0.05) is 90.0 Å². The summed E-state index contributed by atoms with van der Waals surface area (Å²) in [5.74, 6) is 0.434. The average molecular weight is 437 g/mol. The molecule has 1 amide bonds. The maximum absolute atomic E-state index is 13.0. The lowest BCUT2D eigenvalue weighted by molar-refractivity contribution is -0.119. The topological polar surface area (TPSA) is 75.9 Å². The molecule has 1 aromatic heterocycles. The van der Waals surface area contributed by atoms with E-state index in [2.05, 4.69) is 39.1 Å². The summed E-state index contributed by atoms with van der Waals surface area (Å²) in [5.41, 5.74) is 5.22. The number of anilines is 1. The van der Waals surface area contributed by atoms with Crippen LogP contribution in [0.2, 0.25) is 0 Å². The third-order valence-corrected chi connectivity index (χ3v) is 5.84. The van der Waals surface area contributed by atoms with Crippen molar-refractivity contribution in [2.24, 2.45) is 0 Å². The second-order valence-corrected chi connectivity index (χ2v) is 7.99. The van der Waals surface area contributed by atoms with E-state index in [9.17, 15) is 4.79 Å². The summed E-state index contributed by atoms with van der Waals surface area (Å²) in [6.45, 7) is 2.62. The third kappa shape index (κ3) is 4.25. The molecule has 1 aliphatic heterocycles. The first-order valence-electron chi connectivity index (χ1n) is 10.9. The number of fused-ring (bicyclic) bond motifs is 1. The normalized spacial score (nSPS) is 15.0. The third-order valence-electron chi connectivity index (χ3n) is 5.84. The van der Waals surface area contributed by atoms with E-state index >= 15 is 0 Å². The zero-order chi connectivity index (χ0) is 22.6. The molecule has 7 nitrogen and oxygen atoms in total. The van der Waals surface area contributed by atoms with E-state index in [0.717, 1.165) is 28.0 Å². The molecule has 0 aliphatic carbocycles. The number of rotatable bonds is 6. The molecule has 3 aromatic carbocycles. The van der Waals surface area contributed by atoms with Crippen LogP contribution in [0.25, 0.3) is 5.70 Å².